The molecule has 0 atom stereocenters. The van der Waals surface area contributed by atoms with Crippen molar-refractivity contribution in [2.45, 2.75) is 22.3 Å². The molecule has 0 saturated heterocycles. The Kier molecular flexibility index (Phi) is 10.2. The first-order valence-corrected chi connectivity index (χ1v) is 17.8. The standard InChI is InChI=1S/C29H35N3O6S3/c1-24-12-14-26(15-13-24)40(35,36)29-17-21-32(41(37,38)27-10-4-5-11-27)20-7-6-18-30-22-28(16-19-31-23-29)39(33,34)25-8-2-3-9-25/h2-17,25,27,30-31H,18-23H2,1H3/b7-6+,28-16+,29-17+. The number of nitrogens with one attached hydrogen (secondary N) is 2. The molecule has 0 fully saturated rings. The highest BCUT2D eigenvalue weighted by atomic mass is 32.2. The highest BCUT2D eigenvalue weighted by molar-refractivity contribution is 7.96. The van der Waals surface area contributed by atoms with E-state index in [4.69, 9.17) is 0 Å². The van der Waals surface area contributed by atoms with Crippen LogP contribution < -0.4 is 10.6 Å². The molecular formula is C29H35N3O6S3. The van der Waals surface area contributed by atoms with Crippen LogP contribution in [0.4, 0.5) is 0 Å². The minimum Gasteiger partial charge on any atom is -0.309 e. The number of rotatable bonds is 6. The first-order chi connectivity index (χ1) is 19.5. The van der Waals surface area contributed by atoms with Crippen LogP contribution >= 0.6 is 0 Å². The smallest absolute Gasteiger partial charge is 0.224 e. The second-order valence-electron chi connectivity index (χ2n) is 9.77. The number of allylic oxidation sites excluding steroid dienone is 4. The molecule has 2 aliphatic carbocycles. The Labute approximate surface area is 243 Å². The molecule has 0 aromatic heterocycles. The third-order valence-corrected chi connectivity index (χ3v) is 12.8. The lowest BCUT2D eigenvalue weighted by Gasteiger charge is -2.22. The molecule has 1 aromatic rings. The second-order valence-corrected chi connectivity index (χ2v) is 16.0. The lowest BCUT2D eigenvalue weighted by atomic mass is 10.2. The zero-order chi connectivity index (χ0) is 29.5. The van der Waals surface area contributed by atoms with Gasteiger partial charge >= 0.3 is 0 Å². The molecule has 1 aliphatic heterocycles. The van der Waals surface area contributed by atoms with Crippen LogP contribution in [0.15, 0.2) is 112 Å². The third kappa shape index (κ3) is 7.51. The summed E-state index contributed by atoms with van der Waals surface area (Å²) in [5.74, 6) is 0. The van der Waals surface area contributed by atoms with E-state index in [9.17, 15) is 25.3 Å². The van der Waals surface area contributed by atoms with Crippen molar-refractivity contribution in [1.82, 2.24) is 14.9 Å². The van der Waals surface area contributed by atoms with Crippen LogP contribution in [-0.4, -0.2) is 79.3 Å². The summed E-state index contributed by atoms with van der Waals surface area (Å²) in [6.07, 6.45) is 19.5. The van der Waals surface area contributed by atoms with Crippen molar-refractivity contribution >= 4 is 29.7 Å². The zero-order valence-corrected chi connectivity index (χ0v) is 25.2. The van der Waals surface area contributed by atoms with E-state index in [0.717, 1.165) is 5.56 Å². The molecule has 9 nitrogen and oxygen atoms in total. The maximum Gasteiger partial charge on any atom is 0.224 e. The molecule has 0 spiro atoms. The summed E-state index contributed by atoms with van der Waals surface area (Å²) in [7, 11) is -11.5. The predicted molar refractivity (Wildman–Crippen MR) is 163 cm³/mol. The average Bonchev–Trinajstić information content (AvgIpc) is 3.67. The second kappa shape index (κ2) is 13.4. The molecule has 12 heteroatoms. The fourth-order valence-electron chi connectivity index (χ4n) is 4.43. The molecule has 1 heterocycles. The maximum atomic E-state index is 13.7. The van der Waals surface area contributed by atoms with Gasteiger partial charge in [-0.1, -0.05) is 90.6 Å². The van der Waals surface area contributed by atoms with Crippen molar-refractivity contribution in [2.24, 2.45) is 0 Å². The van der Waals surface area contributed by atoms with Crippen LogP contribution in [0.25, 0.3) is 0 Å². The highest BCUT2D eigenvalue weighted by Crippen LogP contribution is 2.22. The van der Waals surface area contributed by atoms with Gasteiger partial charge in [-0.25, -0.2) is 25.3 Å². The van der Waals surface area contributed by atoms with Gasteiger partial charge in [0.15, 0.2) is 9.84 Å². The fourth-order valence-corrected chi connectivity index (χ4v) is 8.88. The van der Waals surface area contributed by atoms with Crippen molar-refractivity contribution < 1.29 is 25.3 Å². The van der Waals surface area contributed by atoms with Gasteiger partial charge in [-0.2, -0.15) is 4.31 Å². The lowest BCUT2D eigenvalue weighted by molar-refractivity contribution is 0.471. The van der Waals surface area contributed by atoms with Gasteiger partial charge in [0.1, 0.15) is 10.5 Å². The van der Waals surface area contributed by atoms with Gasteiger partial charge in [-0.15, -0.1) is 0 Å². The number of nitrogens with zero attached hydrogens (tertiary/aromatic N) is 1. The Morgan fingerprint density at radius 3 is 1.93 bits per heavy atom. The lowest BCUT2D eigenvalue weighted by Crippen LogP contribution is -2.37. The summed E-state index contributed by atoms with van der Waals surface area (Å²) in [6, 6.07) is 6.44. The Hall–Kier alpha value is -2.87. The first-order valence-electron chi connectivity index (χ1n) is 13.2. The number of hydrogen-bond donors (Lipinski definition) is 2. The van der Waals surface area contributed by atoms with Crippen LogP contribution in [0.2, 0.25) is 0 Å². The molecule has 3 aliphatic rings. The average molecular weight is 618 g/mol. The van der Waals surface area contributed by atoms with Gasteiger partial charge in [0.25, 0.3) is 0 Å². The topological polar surface area (TPSA) is 130 Å². The van der Waals surface area contributed by atoms with Crippen LogP contribution in [0.5, 0.6) is 0 Å². The number of sulfone groups is 2. The molecule has 1 aromatic carbocycles. The normalized spacial score (nSPS) is 23.9. The number of aryl methyl sites for hydroxylation is 1. The summed E-state index contributed by atoms with van der Waals surface area (Å²) in [6.45, 7) is 2.07. The summed E-state index contributed by atoms with van der Waals surface area (Å²) in [4.78, 5) is 0.272. The number of sulfonamides is 1. The fraction of sp³-hybridized carbons (Fsp3) is 0.310. The Morgan fingerprint density at radius 1 is 0.683 bits per heavy atom. The summed E-state index contributed by atoms with van der Waals surface area (Å²) in [5, 5.41) is 4.53. The van der Waals surface area contributed by atoms with Crippen molar-refractivity contribution in [3.05, 3.63) is 113 Å². The molecular weight excluding hydrogens is 583 g/mol. The van der Waals surface area contributed by atoms with Gasteiger partial charge in [0, 0.05) is 39.3 Å². The maximum absolute atomic E-state index is 13.7. The molecule has 0 amide bonds. The molecule has 4 rings (SSSR count). The SMILES string of the molecule is Cc1ccc(S(=O)(=O)/C2=C/CN(S(=O)(=O)C3C=CC=C3)C/C=C/CNC/C(S(=O)(=O)C3C=CC=C3)=C\CNC2)cc1. The van der Waals surface area contributed by atoms with Gasteiger partial charge in [-0.3, -0.25) is 0 Å². The van der Waals surface area contributed by atoms with Crippen molar-refractivity contribution in [3.8, 4) is 0 Å². The summed E-state index contributed by atoms with van der Waals surface area (Å²) >= 11 is 0. The predicted octanol–water partition coefficient (Wildman–Crippen LogP) is 2.32. The quantitative estimate of drug-likeness (QED) is 0.466. The van der Waals surface area contributed by atoms with Crippen molar-refractivity contribution in [2.75, 3.05) is 39.3 Å². The molecule has 0 radical (unpaired) electrons. The van der Waals surface area contributed by atoms with Gasteiger partial charge < -0.3 is 10.6 Å². The van der Waals surface area contributed by atoms with E-state index in [-0.39, 0.29) is 47.4 Å². The molecule has 0 bridgehead atoms. The van der Waals surface area contributed by atoms with E-state index in [1.165, 1.54) is 22.5 Å². The van der Waals surface area contributed by atoms with Gasteiger partial charge in [-0.05, 0) is 19.1 Å². The van der Waals surface area contributed by atoms with Crippen molar-refractivity contribution in [1.29, 1.82) is 0 Å². The van der Waals surface area contributed by atoms with E-state index in [1.54, 1.807) is 79.0 Å². The Bertz CT molecular complexity index is 1620. The van der Waals surface area contributed by atoms with Crippen LogP contribution in [0, 0.1) is 6.92 Å². The Morgan fingerprint density at radius 2 is 1.27 bits per heavy atom. The molecule has 220 valence electrons. The Balaban J connectivity index is 1.68. The van der Waals surface area contributed by atoms with E-state index in [1.807, 2.05) is 6.92 Å². The van der Waals surface area contributed by atoms with E-state index < -0.39 is 40.2 Å². The minimum absolute atomic E-state index is 0.00416. The molecule has 0 unspecified atom stereocenters. The van der Waals surface area contributed by atoms with E-state index >= 15 is 0 Å². The molecule has 0 saturated carbocycles. The summed E-state index contributed by atoms with van der Waals surface area (Å²) < 4.78 is 81.9. The largest absolute Gasteiger partial charge is 0.309 e. The highest BCUT2D eigenvalue weighted by Gasteiger charge is 2.30. The minimum atomic E-state index is -3.97. The van der Waals surface area contributed by atoms with Crippen LogP contribution in [0.3, 0.4) is 0 Å². The first kappa shape index (κ1) is 31.1. The summed E-state index contributed by atoms with van der Waals surface area (Å²) in [5.41, 5.74) is 0.902. The molecule has 41 heavy (non-hydrogen) atoms. The number of hydrogen-bond acceptors (Lipinski definition) is 8. The monoisotopic (exact) mass is 617 g/mol. The van der Waals surface area contributed by atoms with Crippen molar-refractivity contribution in [3.63, 3.8) is 0 Å². The van der Waals surface area contributed by atoms with E-state index in [0.29, 0.717) is 6.54 Å². The van der Waals surface area contributed by atoms with E-state index in [2.05, 4.69) is 10.6 Å². The number of benzene rings is 1. The third-order valence-electron chi connectivity index (χ3n) is 6.86. The van der Waals surface area contributed by atoms with Crippen LogP contribution in [-0.2, 0) is 29.7 Å². The zero-order valence-electron chi connectivity index (χ0n) is 22.8. The van der Waals surface area contributed by atoms with Crippen LogP contribution in [0.1, 0.15) is 5.56 Å². The van der Waals surface area contributed by atoms with Gasteiger partial charge in [0.2, 0.25) is 19.9 Å². The molecule has 2 N–H and O–H groups in total. The van der Waals surface area contributed by atoms with Gasteiger partial charge in [0.05, 0.1) is 14.7 Å².